The second kappa shape index (κ2) is 9.12. The molecule has 1 aliphatic heterocycles. The van der Waals surface area contributed by atoms with Gasteiger partial charge < -0.3 is 14.8 Å². The second-order valence-electron chi connectivity index (χ2n) is 8.63. The summed E-state index contributed by atoms with van der Waals surface area (Å²) < 4.78 is 11.0. The van der Waals surface area contributed by atoms with Crippen LogP contribution in [0.15, 0.2) is 61.1 Å². The molecule has 5 rings (SSSR count). The average molecular weight is 466 g/mol. The Balaban J connectivity index is 1.36. The van der Waals surface area contributed by atoms with Gasteiger partial charge in [-0.15, -0.1) is 0 Å². The summed E-state index contributed by atoms with van der Waals surface area (Å²) in [5, 5.41) is 13.4. The number of hydrogen-bond acceptors (Lipinski definition) is 7. The first-order chi connectivity index (χ1) is 17.0. The number of rotatable bonds is 5. The van der Waals surface area contributed by atoms with E-state index in [-0.39, 0.29) is 12.5 Å². The zero-order valence-electron chi connectivity index (χ0n) is 19.4. The Morgan fingerprint density at radius 1 is 1.23 bits per heavy atom. The number of amides is 1. The highest BCUT2D eigenvalue weighted by Crippen LogP contribution is 2.32. The Morgan fingerprint density at radius 3 is 2.94 bits per heavy atom. The number of aromatic nitrogens is 3. The third-order valence-electron chi connectivity index (χ3n) is 6.20. The van der Waals surface area contributed by atoms with Crippen molar-refractivity contribution in [3.63, 3.8) is 0 Å². The van der Waals surface area contributed by atoms with Crippen LogP contribution in [0.4, 0.5) is 0 Å². The van der Waals surface area contributed by atoms with E-state index in [2.05, 4.69) is 21.4 Å². The molecule has 8 nitrogen and oxygen atoms in total. The fourth-order valence-electron chi connectivity index (χ4n) is 4.22. The lowest BCUT2D eigenvalue weighted by atomic mass is 9.79. The molecule has 3 aromatic heterocycles. The molecule has 0 fully saturated rings. The predicted molar refractivity (Wildman–Crippen MR) is 130 cm³/mol. The number of carbonyl (C=O) groups is 1. The lowest BCUT2D eigenvalue weighted by Crippen LogP contribution is -2.33. The summed E-state index contributed by atoms with van der Waals surface area (Å²) in [5.74, 6) is 0.459. The Hall–Kier alpha value is -4.35. The quantitative estimate of drug-likeness (QED) is 0.475. The molecule has 1 amide bonds. The Morgan fingerprint density at radius 2 is 2.11 bits per heavy atom. The van der Waals surface area contributed by atoms with Crippen molar-refractivity contribution < 1.29 is 14.3 Å². The van der Waals surface area contributed by atoms with E-state index < -0.39 is 5.41 Å². The van der Waals surface area contributed by atoms with E-state index in [1.54, 1.807) is 43.9 Å². The van der Waals surface area contributed by atoms with Gasteiger partial charge in [0.25, 0.3) is 5.91 Å². The lowest BCUT2D eigenvalue weighted by molar-refractivity contribution is 0.0757. The molecule has 1 aliphatic rings. The smallest absolute Gasteiger partial charge is 0.251 e. The van der Waals surface area contributed by atoms with Crippen molar-refractivity contribution in [2.45, 2.75) is 25.5 Å². The first-order valence-corrected chi connectivity index (χ1v) is 11.2. The number of methoxy groups -OCH3 is 1. The first-order valence-electron chi connectivity index (χ1n) is 11.2. The van der Waals surface area contributed by atoms with E-state index in [1.807, 2.05) is 31.2 Å². The summed E-state index contributed by atoms with van der Waals surface area (Å²) in [6.07, 6.45) is 5.13. The topological polar surface area (TPSA) is 110 Å². The molecular weight excluding hydrogens is 442 g/mol. The minimum absolute atomic E-state index is 0.233. The molecule has 4 heterocycles. The third kappa shape index (κ3) is 4.29. The molecular formula is C27H23N5O3. The van der Waals surface area contributed by atoms with Crippen LogP contribution < -0.4 is 10.1 Å². The Bertz CT molecular complexity index is 1480. The SMILES string of the molecule is COc1ccncc1-c1ccc2cnc(CNC(=O)c3ccc4c(c3)[C@](C)(C#N)COC4)cc2n1. The number of hydrogen-bond donors (Lipinski definition) is 1. The molecule has 0 saturated heterocycles. The monoisotopic (exact) mass is 465 g/mol. The van der Waals surface area contributed by atoms with Gasteiger partial charge in [0.05, 0.1) is 55.4 Å². The number of carbonyl (C=O) groups excluding carboxylic acids is 1. The highest BCUT2D eigenvalue weighted by molar-refractivity contribution is 5.94. The first kappa shape index (κ1) is 22.4. The van der Waals surface area contributed by atoms with Gasteiger partial charge in [-0.1, -0.05) is 6.07 Å². The van der Waals surface area contributed by atoms with Crippen molar-refractivity contribution in [2.75, 3.05) is 13.7 Å². The summed E-state index contributed by atoms with van der Waals surface area (Å²) in [5.41, 5.74) is 4.47. The van der Waals surface area contributed by atoms with Gasteiger partial charge in [0.1, 0.15) is 11.2 Å². The normalized spacial score (nSPS) is 16.8. The van der Waals surface area contributed by atoms with E-state index in [9.17, 15) is 10.1 Å². The van der Waals surface area contributed by atoms with Crippen LogP contribution in [0.1, 0.15) is 34.1 Å². The van der Waals surface area contributed by atoms with E-state index >= 15 is 0 Å². The van der Waals surface area contributed by atoms with Crippen LogP contribution in [0.3, 0.4) is 0 Å². The van der Waals surface area contributed by atoms with Gasteiger partial charge in [-0.25, -0.2) is 4.98 Å². The summed E-state index contributed by atoms with van der Waals surface area (Å²) in [4.78, 5) is 26.3. The zero-order valence-corrected chi connectivity index (χ0v) is 19.4. The number of nitrogens with zero attached hydrogens (tertiary/aromatic N) is 4. The number of fused-ring (bicyclic) bond motifs is 2. The second-order valence-corrected chi connectivity index (χ2v) is 8.63. The van der Waals surface area contributed by atoms with Gasteiger partial charge in [0.15, 0.2) is 0 Å². The van der Waals surface area contributed by atoms with Gasteiger partial charge >= 0.3 is 0 Å². The maximum absolute atomic E-state index is 12.9. The Labute approximate surface area is 202 Å². The minimum atomic E-state index is -0.774. The summed E-state index contributed by atoms with van der Waals surface area (Å²) in [6.45, 7) is 2.82. The van der Waals surface area contributed by atoms with Crippen LogP contribution in [0.5, 0.6) is 5.75 Å². The van der Waals surface area contributed by atoms with E-state index in [4.69, 9.17) is 14.5 Å². The van der Waals surface area contributed by atoms with E-state index in [1.165, 1.54) is 0 Å². The van der Waals surface area contributed by atoms with E-state index in [0.717, 1.165) is 33.3 Å². The maximum atomic E-state index is 12.9. The third-order valence-corrected chi connectivity index (χ3v) is 6.20. The fourth-order valence-corrected chi connectivity index (χ4v) is 4.22. The van der Waals surface area contributed by atoms with Crippen molar-refractivity contribution >= 4 is 16.8 Å². The molecule has 4 aromatic rings. The van der Waals surface area contributed by atoms with E-state index in [0.29, 0.717) is 30.2 Å². The number of nitriles is 1. The molecule has 1 N–H and O–H groups in total. The van der Waals surface area contributed by atoms with Crippen molar-refractivity contribution in [3.8, 4) is 23.1 Å². The molecule has 35 heavy (non-hydrogen) atoms. The summed E-state index contributed by atoms with van der Waals surface area (Å²) in [7, 11) is 1.61. The molecule has 0 radical (unpaired) electrons. The molecule has 0 spiro atoms. The van der Waals surface area contributed by atoms with Gasteiger partial charge in [0.2, 0.25) is 0 Å². The van der Waals surface area contributed by atoms with Gasteiger partial charge in [0, 0.05) is 29.5 Å². The molecule has 0 bridgehead atoms. The summed E-state index contributed by atoms with van der Waals surface area (Å²) >= 11 is 0. The van der Waals surface area contributed by atoms with Gasteiger partial charge in [-0.2, -0.15) is 5.26 Å². The molecule has 1 aromatic carbocycles. The largest absolute Gasteiger partial charge is 0.496 e. The van der Waals surface area contributed by atoms with Crippen LogP contribution in [0, 0.1) is 11.3 Å². The Kier molecular flexibility index (Phi) is 5.85. The number of benzene rings is 1. The van der Waals surface area contributed by atoms with Crippen LogP contribution in [0.2, 0.25) is 0 Å². The van der Waals surface area contributed by atoms with Crippen molar-refractivity contribution in [2.24, 2.45) is 0 Å². The lowest BCUT2D eigenvalue weighted by Gasteiger charge is -2.30. The minimum Gasteiger partial charge on any atom is -0.496 e. The molecule has 0 unspecified atom stereocenters. The molecule has 174 valence electrons. The summed E-state index contributed by atoms with van der Waals surface area (Å²) in [6, 6.07) is 15.2. The standard InChI is InChI=1S/C27H23N5O3/c1-27(15-28)16-35-14-19-4-3-17(9-22(19)27)26(33)31-12-20-10-24-18(11-30-20)5-6-23(32-24)21-13-29-8-7-25(21)34-2/h3-11,13H,12,14,16H2,1-2H3,(H,31,33)/t27-/m1/s1. The van der Waals surface area contributed by atoms with Crippen molar-refractivity contribution in [1.29, 1.82) is 5.26 Å². The molecule has 0 aliphatic carbocycles. The number of nitrogens with one attached hydrogen (secondary N) is 1. The fraction of sp³-hybridized carbons (Fsp3) is 0.222. The molecule has 8 heteroatoms. The van der Waals surface area contributed by atoms with Crippen LogP contribution in [-0.2, 0) is 23.3 Å². The maximum Gasteiger partial charge on any atom is 0.251 e. The van der Waals surface area contributed by atoms with Gasteiger partial charge in [-0.05, 0) is 54.4 Å². The highest BCUT2D eigenvalue weighted by Gasteiger charge is 2.33. The average Bonchev–Trinajstić information content (AvgIpc) is 2.91. The van der Waals surface area contributed by atoms with Crippen molar-refractivity contribution in [3.05, 3.63) is 83.4 Å². The van der Waals surface area contributed by atoms with Crippen LogP contribution in [-0.4, -0.2) is 34.6 Å². The molecule has 0 saturated carbocycles. The zero-order chi connectivity index (χ0) is 24.4. The predicted octanol–water partition coefficient (Wildman–Crippen LogP) is 3.94. The van der Waals surface area contributed by atoms with Crippen molar-refractivity contribution in [1.82, 2.24) is 20.3 Å². The van der Waals surface area contributed by atoms with Crippen LogP contribution in [0.25, 0.3) is 22.2 Å². The van der Waals surface area contributed by atoms with Gasteiger partial charge in [-0.3, -0.25) is 14.8 Å². The molecule has 1 atom stereocenters. The van der Waals surface area contributed by atoms with Crippen LogP contribution >= 0.6 is 0 Å². The number of ether oxygens (including phenoxy) is 2. The number of pyridine rings is 3. The highest BCUT2D eigenvalue weighted by atomic mass is 16.5.